The standard InChI is InChI=1S/C18H25ClN4O3S/c1-22(2)8-7-20-17(26)12-9-13(24)16(25)14-15(12)23(18(27)21-14)11-5-3-10(19)4-6-11/h3-6,12-16,24-25H,7-9H2,1-2H3,(H,20,26)(H,21,27)/t12-,13+,14-,15+,16-/m0/s1. The van der Waals surface area contributed by atoms with E-state index in [9.17, 15) is 15.0 Å². The Labute approximate surface area is 169 Å². The summed E-state index contributed by atoms with van der Waals surface area (Å²) in [5, 5.41) is 27.8. The Morgan fingerprint density at radius 1 is 1.37 bits per heavy atom. The number of nitrogens with zero attached hydrogens (tertiary/aromatic N) is 2. The average Bonchev–Trinajstić information content (AvgIpc) is 2.96. The highest BCUT2D eigenvalue weighted by atomic mass is 35.5. The van der Waals surface area contributed by atoms with Gasteiger partial charge >= 0.3 is 0 Å². The van der Waals surface area contributed by atoms with E-state index in [-0.39, 0.29) is 12.3 Å². The van der Waals surface area contributed by atoms with Crippen molar-refractivity contribution in [3.63, 3.8) is 0 Å². The topological polar surface area (TPSA) is 88.1 Å². The molecule has 1 aromatic carbocycles. The number of hydrogen-bond donors (Lipinski definition) is 4. The highest BCUT2D eigenvalue weighted by molar-refractivity contribution is 7.80. The molecule has 0 unspecified atom stereocenters. The fourth-order valence-electron chi connectivity index (χ4n) is 3.78. The van der Waals surface area contributed by atoms with Gasteiger partial charge in [0.25, 0.3) is 0 Å². The summed E-state index contributed by atoms with van der Waals surface area (Å²) in [6.07, 6.45) is -1.82. The summed E-state index contributed by atoms with van der Waals surface area (Å²) in [6.45, 7) is 1.23. The van der Waals surface area contributed by atoms with Gasteiger partial charge in [-0.2, -0.15) is 0 Å². The molecular weight excluding hydrogens is 388 g/mol. The van der Waals surface area contributed by atoms with Crippen LogP contribution in [0.15, 0.2) is 24.3 Å². The first-order chi connectivity index (χ1) is 12.8. The molecule has 1 heterocycles. The van der Waals surface area contributed by atoms with E-state index in [0.29, 0.717) is 16.7 Å². The van der Waals surface area contributed by atoms with Crippen LogP contribution in [0.25, 0.3) is 0 Å². The Bertz CT molecular complexity index is 702. The molecule has 7 nitrogen and oxygen atoms in total. The number of fused-ring (bicyclic) bond motifs is 1. The van der Waals surface area contributed by atoms with Gasteiger partial charge in [0.05, 0.1) is 24.1 Å². The first-order valence-corrected chi connectivity index (χ1v) is 9.72. The van der Waals surface area contributed by atoms with Gasteiger partial charge in [-0.05, 0) is 57.0 Å². The van der Waals surface area contributed by atoms with Gasteiger partial charge < -0.3 is 30.6 Å². The monoisotopic (exact) mass is 412 g/mol. The molecule has 3 rings (SSSR count). The van der Waals surface area contributed by atoms with Crippen LogP contribution in [-0.2, 0) is 4.79 Å². The lowest BCUT2D eigenvalue weighted by atomic mass is 9.77. The Balaban J connectivity index is 1.87. The molecule has 0 radical (unpaired) electrons. The first kappa shape index (κ1) is 20.3. The van der Waals surface area contributed by atoms with E-state index in [1.165, 1.54) is 0 Å². The molecule has 1 aromatic rings. The maximum absolute atomic E-state index is 12.9. The maximum atomic E-state index is 12.9. The van der Waals surface area contributed by atoms with Crippen LogP contribution in [0.1, 0.15) is 6.42 Å². The third-order valence-corrected chi connectivity index (χ3v) is 5.71. The van der Waals surface area contributed by atoms with Crippen LogP contribution in [0.2, 0.25) is 5.02 Å². The van der Waals surface area contributed by atoms with E-state index >= 15 is 0 Å². The van der Waals surface area contributed by atoms with Crippen molar-refractivity contribution in [1.82, 2.24) is 15.5 Å². The lowest BCUT2D eigenvalue weighted by Crippen LogP contribution is -2.61. The molecule has 9 heteroatoms. The number of halogens is 1. The third kappa shape index (κ3) is 4.20. The van der Waals surface area contributed by atoms with Crippen LogP contribution >= 0.6 is 23.8 Å². The van der Waals surface area contributed by atoms with Crippen LogP contribution in [-0.4, -0.2) is 77.6 Å². The molecule has 0 spiro atoms. The Morgan fingerprint density at radius 2 is 2.04 bits per heavy atom. The molecule has 1 amide bonds. The summed E-state index contributed by atoms with van der Waals surface area (Å²) in [7, 11) is 3.87. The van der Waals surface area contributed by atoms with Crippen molar-refractivity contribution >= 4 is 40.5 Å². The van der Waals surface area contributed by atoms with Gasteiger partial charge in [0, 0.05) is 23.8 Å². The van der Waals surface area contributed by atoms with Crippen molar-refractivity contribution in [2.24, 2.45) is 5.92 Å². The molecular formula is C18H25ClN4O3S. The highest BCUT2D eigenvalue weighted by Gasteiger charge is 2.53. The lowest BCUT2D eigenvalue weighted by Gasteiger charge is -2.41. The van der Waals surface area contributed by atoms with E-state index in [4.69, 9.17) is 23.8 Å². The number of carbonyl (C=O) groups is 1. The molecule has 5 atom stereocenters. The number of anilines is 1. The second-order valence-corrected chi connectivity index (χ2v) is 8.13. The molecule has 27 heavy (non-hydrogen) atoms. The lowest BCUT2D eigenvalue weighted by molar-refractivity contribution is -0.131. The molecule has 0 aromatic heterocycles. The molecule has 1 aliphatic heterocycles. The number of carbonyl (C=O) groups excluding carboxylic acids is 1. The number of rotatable bonds is 5. The van der Waals surface area contributed by atoms with Crippen molar-refractivity contribution in [3.8, 4) is 0 Å². The van der Waals surface area contributed by atoms with Crippen LogP contribution in [0, 0.1) is 5.92 Å². The van der Waals surface area contributed by atoms with Gasteiger partial charge in [-0.15, -0.1) is 0 Å². The number of benzene rings is 1. The van der Waals surface area contributed by atoms with E-state index in [1.807, 2.05) is 36.0 Å². The van der Waals surface area contributed by atoms with Crippen molar-refractivity contribution in [2.75, 3.05) is 32.1 Å². The molecule has 148 valence electrons. The van der Waals surface area contributed by atoms with Gasteiger partial charge in [0.2, 0.25) is 5.91 Å². The Kier molecular flexibility index (Phi) is 6.22. The van der Waals surface area contributed by atoms with Crippen LogP contribution in [0.4, 0.5) is 5.69 Å². The quantitative estimate of drug-likeness (QED) is 0.513. The normalized spacial score (nSPS) is 30.2. The minimum atomic E-state index is -1.00. The molecule has 0 bridgehead atoms. The summed E-state index contributed by atoms with van der Waals surface area (Å²) in [5.41, 5.74) is 0.791. The van der Waals surface area contributed by atoms with Crippen molar-refractivity contribution in [3.05, 3.63) is 29.3 Å². The minimum absolute atomic E-state index is 0.150. The smallest absolute Gasteiger partial charge is 0.225 e. The number of likely N-dealkylation sites (N-methyl/N-ethyl adjacent to an activating group) is 1. The van der Waals surface area contributed by atoms with Gasteiger partial charge in [0.1, 0.15) is 6.10 Å². The molecule has 1 saturated carbocycles. The predicted octanol–water partition coefficient (Wildman–Crippen LogP) is 0.191. The van der Waals surface area contributed by atoms with Crippen LogP contribution in [0.3, 0.4) is 0 Å². The second kappa shape index (κ2) is 8.28. The largest absolute Gasteiger partial charge is 0.390 e. The van der Waals surface area contributed by atoms with Crippen molar-refractivity contribution in [1.29, 1.82) is 0 Å². The van der Waals surface area contributed by atoms with Crippen LogP contribution < -0.4 is 15.5 Å². The SMILES string of the molecule is CN(C)CCNC(=O)[C@H]1C[C@@H](O)[C@H](O)[C@H]2NC(=S)N(c3ccc(Cl)cc3)[C@@H]21. The van der Waals surface area contributed by atoms with Gasteiger partial charge in [-0.3, -0.25) is 4.79 Å². The molecule has 2 fully saturated rings. The number of thiocarbonyl (C=S) groups is 1. The van der Waals surface area contributed by atoms with E-state index < -0.39 is 30.2 Å². The third-order valence-electron chi connectivity index (χ3n) is 5.14. The van der Waals surface area contributed by atoms with Crippen molar-refractivity contribution in [2.45, 2.75) is 30.7 Å². The van der Waals surface area contributed by atoms with E-state index in [1.54, 1.807) is 12.1 Å². The molecule has 1 saturated heterocycles. The summed E-state index contributed by atoms with van der Waals surface area (Å²) >= 11 is 11.5. The highest BCUT2D eigenvalue weighted by Crippen LogP contribution is 2.37. The summed E-state index contributed by atoms with van der Waals surface area (Å²) in [4.78, 5) is 16.7. The van der Waals surface area contributed by atoms with Gasteiger partial charge in [-0.25, -0.2) is 0 Å². The number of amides is 1. The van der Waals surface area contributed by atoms with Gasteiger partial charge in [0.15, 0.2) is 5.11 Å². The first-order valence-electron chi connectivity index (χ1n) is 8.93. The zero-order chi connectivity index (χ0) is 19.7. The zero-order valence-corrected chi connectivity index (χ0v) is 16.9. The number of aliphatic hydroxyl groups is 2. The van der Waals surface area contributed by atoms with Gasteiger partial charge in [-0.1, -0.05) is 11.6 Å². The molecule has 4 N–H and O–H groups in total. The fourth-order valence-corrected chi connectivity index (χ4v) is 4.27. The number of hydrogen-bond acceptors (Lipinski definition) is 5. The summed E-state index contributed by atoms with van der Waals surface area (Å²) < 4.78 is 0. The van der Waals surface area contributed by atoms with Crippen LogP contribution in [0.5, 0.6) is 0 Å². The summed E-state index contributed by atoms with van der Waals surface area (Å²) in [5.74, 6) is -0.664. The fraction of sp³-hybridized carbons (Fsp3) is 0.556. The van der Waals surface area contributed by atoms with Crippen molar-refractivity contribution < 1.29 is 15.0 Å². The molecule has 2 aliphatic rings. The Hall–Kier alpha value is -1.45. The van der Waals surface area contributed by atoms with E-state index in [2.05, 4.69) is 10.6 Å². The van der Waals surface area contributed by atoms with E-state index in [0.717, 1.165) is 12.2 Å². The average molecular weight is 413 g/mol. The predicted molar refractivity (Wildman–Crippen MR) is 109 cm³/mol. The Morgan fingerprint density at radius 3 is 2.67 bits per heavy atom. The second-order valence-electron chi connectivity index (χ2n) is 7.31. The maximum Gasteiger partial charge on any atom is 0.225 e. The number of aliphatic hydroxyl groups excluding tert-OH is 2. The molecule has 1 aliphatic carbocycles. The number of nitrogens with one attached hydrogen (secondary N) is 2. The summed E-state index contributed by atoms with van der Waals surface area (Å²) in [6, 6.07) is 6.26. The zero-order valence-electron chi connectivity index (χ0n) is 15.3. The minimum Gasteiger partial charge on any atom is -0.390 e.